The molecule has 0 N–H and O–H groups in total. The number of fused-ring (bicyclic) bond motifs is 2. The van der Waals surface area contributed by atoms with Gasteiger partial charge in [0.25, 0.3) is 0 Å². The molecule has 2 aliphatic heterocycles. The maximum Gasteiger partial charge on any atom is 0.209 e. The van der Waals surface area contributed by atoms with Crippen LogP contribution in [-0.2, 0) is 20.9 Å². The maximum absolute atomic E-state index is 10.3. The van der Waals surface area contributed by atoms with Crippen molar-refractivity contribution in [3.05, 3.63) is 106 Å². The third-order valence-corrected chi connectivity index (χ3v) is 12.6. The van der Waals surface area contributed by atoms with E-state index in [9.17, 15) is 13.0 Å². The molecule has 0 amide bonds. The SMILES string of the molecule is CCCCCCCCCCCCS(=O)(=O)[O-].CCN1/C(=C/C=C2\CCCC(/C=C/C3=[N+](CC)c4ccccc4C3(C)C)=C2Cl)C(C)(C)c2ccccc21. The smallest absolute Gasteiger partial charge is 0.209 e. The van der Waals surface area contributed by atoms with Gasteiger partial charge in [0.15, 0.2) is 5.71 Å². The molecular weight excluding hydrogens is 696 g/mol. The number of hydrogen-bond acceptors (Lipinski definition) is 4. The van der Waals surface area contributed by atoms with Crippen molar-refractivity contribution in [1.29, 1.82) is 0 Å². The predicted octanol–water partition coefficient (Wildman–Crippen LogP) is 12.4. The summed E-state index contributed by atoms with van der Waals surface area (Å²) in [4.78, 5) is 2.45. The van der Waals surface area contributed by atoms with Gasteiger partial charge in [-0.05, 0) is 82.2 Å². The highest BCUT2D eigenvalue weighted by Gasteiger charge is 2.43. The van der Waals surface area contributed by atoms with Crippen molar-refractivity contribution in [2.24, 2.45) is 0 Å². The van der Waals surface area contributed by atoms with Crippen LogP contribution in [0.2, 0.25) is 0 Å². The van der Waals surface area contributed by atoms with Crippen LogP contribution in [0.5, 0.6) is 0 Å². The molecule has 290 valence electrons. The zero-order chi connectivity index (χ0) is 38.6. The van der Waals surface area contributed by atoms with Gasteiger partial charge in [-0.25, -0.2) is 8.42 Å². The van der Waals surface area contributed by atoms with Crippen molar-refractivity contribution < 1.29 is 17.5 Å². The molecule has 1 aliphatic carbocycles. The van der Waals surface area contributed by atoms with E-state index in [2.05, 4.69) is 131 Å². The molecule has 5 nitrogen and oxygen atoms in total. The zero-order valence-electron chi connectivity index (χ0n) is 33.6. The molecule has 5 rings (SSSR count). The van der Waals surface area contributed by atoms with Crippen molar-refractivity contribution >= 4 is 38.8 Å². The molecule has 0 fully saturated rings. The summed E-state index contributed by atoms with van der Waals surface area (Å²) < 4.78 is 33.4. The molecule has 0 radical (unpaired) electrons. The predicted molar refractivity (Wildman–Crippen MR) is 226 cm³/mol. The second-order valence-corrected chi connectivity index (χ2v) is 17.8. The van der Waals surface area contributed by atoms with Gasteiger partial charge >= 0.3 is 0 Å². The van der Waals surface area contributed by atoms with E-state index in [-0.39, 0.29) is 16.6 Å². The molecule has 0 bridgehead atoms. The number of rotatable bonds is 16. The number of para-hydroxylation sites is 2. The minimum Gasteiger partial charge on any atom is -0.748 e. The summed E-state index contributed by atoms with van der Waals surface area (Å²) in [6.45, 7) is 17.9. The van der Waals surface area contributed by atoms with E-state index in [0.717, 1.165) is 50.2 Å². The van der Waals surface area contributed by atoms with E-state index in [1.165, 1.54) is 90.0 Å². The van der Waals surface area contributed by atoms with Gasteiger partial charge in [-0.2, -0.15) is 4.58 Å². The Morgan fingerprint density at radius 1 is 0.774 bits per heavy atom. The summed E-state index contributed by atoms with van der Waals surface area (Å²) in [5.74, 6) is -0.191. The van der Waals surface area contributed by atoms with Gasteiger partial charge < -0.3 is 9.45 Å². The fourth-order valence-electron chi connectivity index (χ4n) is 8.30. The molecular formula is C46H65ClN2O3S. The quantitative estimate of drug-likeness (QED) is 0.0971. The van der Waals surface area contributed by atoms with Crippen LogP contribution in [0.15, 0.2) is 94.7 Å². The van der Waals surface area contributed by atoms with Crippen molar-refractivity contribution in [1.82, 2.24) is 0 Å². The number of hydrogen-bond donors (Lipinski definition) is 0. The highest BCUT2D eigenvalue weighted by Crippen LogP contribution is 2.48. The molecule has 0 saturated carbocycles. The number of benzene rings is 2. The van der Waals surface area contributed by atoms with Gasteiger partial charge in [0.2, 0.25) is 5.69 Å². The van der Waals surface area contributed by atoms with Crippen LogP contribution < -0.4 is 4.90 Å². The molecule has 0 aromatic heterocycles. The molecule has 0 unspecified atom stereocenters. The van der Waals surface area contributed by atoms with Crippen LogP contribution in [0, 0.1) is 0 Å². The standard InChI is InChI=1S/C34H40ClN2.C12H26O3S/c1-7-36-28-18-11-9-16-26(28)33(3,4)30(36)22-20-24-14-13-15-25(32(24)35)21-23-31-34(5,6)27-17-10-12-19-29(27)37(31)8-2;1-2-3-4-5-6-7-8-9-10-11-12-16(13,14)15/h9-12,16-23H,7-8,13-15H2,1-6H3;2-12H2,1H3,(H,13,14,15)/q+1;/p-1. The lowest BCUT2D eigenvalue weighted by atomic mass is 9.81. The summed E-state index contributed by atoms with van der Waals surface area (Å²) in [7, 11) is -3.98. The topological polar surface area (TPSA) is 63.5 Å². The summed E-state index contributed by atoms with van der Waals surface area (Å²) in [6.07, 6.45) is 23.8. The Hall–Kier alpha value is -2.93. The minimum atomic E-state index is -3.98. The Morgan fingerprint density at radius 2 is 1.38 bits per heavy atom. The van der Waals surface area contributed by atoms with E-state index < -0.39 is 10.1 Å². The van der Waals surface area contributed by atoms with Crippen molar-refractivity contribution in [2.45, 2.75) is 143 Å². The molecule has 3 aliphatic rings. The summed E-state index contributed by atoms with van der Waals surface area (Å²) in [5.41, 5.74) is 10.6. The maximum atomic E-state index is 10.3. The number of halogens is 1. The van der Waals surface area contributed by atoms with Gasteiger partial charge in [-0.1, -0.05) is 139 Å². The summed E-state index contributed by atoms with van der Waals surface area (Å²) in [5, 5.41) is 0.924. The third kappa shape index (κ3) is 10.9. The third-order valence-electron chi connectivity index (χ3n) is 11.3. The Bertz CT molecular complexity index is 1810. The number of unbranched alkanes of at least 4 members (excludes halogenated alkanes) is 9. The van der Waals surface area contributed by atoms with E-state index in [4.69, 9.17) is 11.6 Å². The van der Waals surface area contributed by atoms with Gasteiger partial charge in [0.05, 0.1) is 15.5 Å². The molecule has 0 atom stereocenters. The fraction of sp³-hybridized carbons (Fsp3) is 0.543. The zero-order valence-corrected chi connectivity index (χ0v) is 35.2. The largest absolute Gasteiger partial charge is 0.748 e. The summed E-state index contributed by atoms with van der Waals surface area (Å²) in [6, 6.07) is 17.6. The first kappa shape index (κ1) is 42.8. The summed E-state index contributed by atoms with van der Waals surface area (Å²) >= 11 is 7.07. The highest BCUT2D eigenvalue weighted by molar-refractivity contribution is 7.85. The average Bonchev–Trinajstić information content (AvgIpc) is 3.49. The average molecular weight is 762 g/mol. The lowest BCUT2D eigenvalue weighted by molar-refractivity contribution is -0.433. The lowest BCUT2D eigenvalue weighted by Gasteiger charge is -2.26. The van der Waals surface area contributed by atoms with E-state index in [0.29, 0.717) is 6.42 Å². The molecule has 2 heterocycles. The van der Waals surface area contributed by atoms with Crippen molar-refractivity contribution in [3.8, 4) is 0 Å². The van der Waals surface area contributed by atoms with E-state index >= 15 is 0 Å². The highest BCUT2D eigenvalue weighted by atomic mass is 35.5. The molecule has 2 aromatic carbocycles. The molecule has 53 heavy (non-hydrogen) atoms. The fourth-order valence-corrected chi connectivity index (χ4v) is 9.17. The van der Waals surface area contributed by atoms with Crippen molar-refractivity contribution in [3.63, 3.8) is 0 Å². The number of allylic oxidation sites excluding steroid dienone is 8. The Balaban J connectivity index is 0.000000332. The van der Waals surface area contributed by atoms with Crippen LogP contribution in [-0.4, -0.2) is 42.1 Å². The second-order valence-electron chi connectivity index (χ2n) is 15.9. The Morgan fingerprint density at radius 3 is 2.00 bits per heavy atom. The van der Waals surface area contributed by atoms with Crippen LogP contribution >= 0.6 is 11.6 Å². The number of anilines is 1. The Labute approximate surface area is 327 Å². The van der Waals surface area contributed by atoms with E-state index in [1.807, 2.05) is 0 Å². The van der Waals surface area contributed by atoms with Crippen LogP contribution in [0.1, 0.15) is 143 Å². The van der Waals surface area contributed by atoms with Crippen molar-refractivity contribution in [2.75, 3.05) is 23.7 Å². The second kappa shape index (κ2) is 19.6. The van der Waals surface area contributed by atoms with Gasteiger partial charge in [0.1, 0.15) is 6.54 Å². The Kier molecular flexibility index (Phi) is 15.8. The minimum absolute atomic E-state index is 0.0272. The van der Waals surface area contributed by atoms with Gasteiger partial charge in [-0.15, -0.1) is 0 Å². The van der Waals surface area contributed by atoms with Crippen LogP contribution in [0.3, 0.4) is 0 Å². The van der Waals surface area contributed by atoms with Crippen LogP contribution in [0.4, 0.5) is 11.4 Å². The lowest BCUT2D eigenvalue weighted by Crippen LogP contribution is -2.27. The first-order valence-electron chi connectivity index (χ1n) is 20.3. The van der Waals surface area contributed by atoms with Gasteiger partial charge in [0, 0.05) is 51.8 Å². The van der Waals surface area contributed by atoms with Gasteiger partial charge in [-0.3, -0.25) is 0 Å². The number of nitrogens with zero attached hydrogens (tertiary/aromatic N) is 2. The molecule has 0 saturated heterocycles. The van der Waals surface area contributed by atoms with Crippen LogP contribution in [0.25, 0.3) is 0 Å². The first-order valence-corrected chi connectivity index (χ1v) is 22.3. The normalized spacial score (nSPS) is 19.3. The first-order chi connectivity index (χ1) is 25.3. The number of likely N-dealkylation sites (N-methyl/N-ethyl adjacent to an activating group) is 1. The molecule has 2 aromatic rings. The van der Waals surface area contributed by atoms with E-state index in [1.54, 1.807) is 0 Å². The monoisotopic (exact) mass is 760 g/mol. The molecule has 7 heteroatoms. The molecule has 0 spiro atoms.